The van der Waals surface area contributed by atoms with Gasteiger partial charge in [-0.3, -0.25) is 0 Å². The molecule has 2 aromatic heterocycles. The molecule has 0 aliphatic carbocycles. The summed E-state index contributed by atoms with van der Waals surface area (Å²) in [6.45, 7) is 0. The first-order valence-corrected chi connectivity index (χ1v) is 20.9. The predicted molar refractivity (Wildman–Crippen MR) is 258 cm³/mol. The Morgan fingerprint density at radius 3 is 1.39 bits per heavy atom. The summed E-state index contributed by atoms with van der Waals surface area (Å²) in [5.74, 6) is 0. The minimum absolute atomic E-state index is 1.08. The van der Waals surface area contributed by atoms with E-state index in [1.807, 2.05) is 0 Å². The standard InChI is InChI=1S/C58H39N3/c1-3-17-40(18-4-1)41-20-15-24-45(35-41)59(47-33-34-53-52-29-11-12-30-55(52)60(58(53)39-47)44-22-5-2-6-23-44)46-25-16-21-43(36-46)54-38-48(37-42-19-7-8-26-49(42)54)61-56-31-13-9-27-50(56)51-28-10-14-32-57(51)61/h1-39H. The second-order valence-electron chi connectivity index (χ2n) is 15.8. The quantitative estimate of drug-likeness (QED) is 0.157. The van der Waals surface area contributed by atoms with Crippen LogP contribution in [-0.2, 0) is 0 Å². The molecule has 0 fully saturated rings. The molecule has 3 heteroatoms. The Bertz CT molecular complexity index is 3540. The number of para-hydroxylation sites is 4. The second kappa shape index (κ2) is 14.3. The number of aromatic nitrogens is 2. The monoisotopic (exact) mass is 777 g/mol. The summed E-state index contributed by atoms with van der Waals surface area (Å²) in [6.07, 6.45) is 0. The van der Waals surface area contributed by atoms with Crippen LogP contribution in [0, 0.1) is 0 Å². The van der Waals surface area contributed by atoms with Crippen molar-refractivity contribution in [2.45, 2.75) is 0 Å². The van der Waals surface area contributed by atoms with Gasteiger partial charge in [-0.05, 0) is 112 Å². The van der Waals surface area contributed by atoms with Crippen molar-refractivity contribution >= 4 is 71.4 Å². The number of rotatable bonds is 7. The van der Waals surface area contributed by atoms with E-state index in [2.05, 4.69) is 251 Å². The summed E-state index contributed by atoms with van der Waals surface area (Å²) in [5.41, 5.74) is 15.0. The number of fused-ring (bicyclic) bond motifs is 7. The van der Waals surface area contributed by atoms with Gasteiger partial charge >= 0.3 is 0 Å². The lowest BCUT2D eigenvalue weighted by molar-refractivity contribution is 1.18. The third-order valence-electron chi connectivity index (χ3n) is 12.2. The Labute approximate surface area is 354 Å². The fraction of sp³-hybridized carbons (Fsp3) is 0. The van der Waals surface area contributed by atoms with E-state index in [-0.39, 0.29) is 0 Å². The normalized spacial score (nSPS) is 11.6. The van der Waals surface area contributed by atoms with Crippen LogP contribution in [0.15, 0.2) is 237 Å². The maximum absolute atomic E-state index is 2.42. The van der Waals surface area contributed by atoms with E-state index in [9.17, 15) is 0 Å². The Balaban J connectivity index is 1.08. The molecule has 0 radical (unpaired) electrons. The molecule has 0 saturated carbocycles. The zero-order chi connectivity index (χ0) is 40.3. The summed E-state index contributed by atoms with van der Waals surface area (Å²) >= 11 is 0. The summed E-state index contributed by atoms with van der Waals surface area (Å²) in [5, 5.41) is 7.40. The van der Waals surface area contributed by atoms with E-state index < -0.39 is 0 Å². The molecule has 0 saturated heterocycles. The maximum Gasteiger partial charge on any atom is 0.0561 e. The fourth-order valence-corrected chi connectivity index (χ4v) is 9.53. The molecule has 0 N–H and O–H groups in total. The number of nitrogens with zero attached hydrogens (tertiary/aromatic N) is 3. The number of benzene rings is 10. The topological polar surface area (TPSA) is 13.1 Å². The van der Waals surface area contributed by atoms with Crippen molar-refractivity contribution in [1.82, 2.24) is 9.13 Å². The zero-order valence-electron chi connectivity index (χ0n) is 33.4. The maximum atomic E-state index is 2.42. The fourth-order valence-electron chi connectivity index (χ4n) is 9.53. The smallest absolute Gasteiger partial charge is 0.0561 e. The highest BCUT2D eigenvalue weighted by Gasteiger charge is 2.20. The van der Waals surface area contributed by atoms with Crippen LogP contribution in [0.4, 0.5) is 17.1 Å². The van der Waals surface area contributed by atoms with Gasteiger partial charge in [0.05, 0.1) is 22.1 Å². The Morgan fingerprint density at radius 1 is 0.262 bits per heavy atom. The van der Waals surface area contributed by atoms with Crippen molar-refractivity contribution in [2.24, 2.45) is 0 Å². The van der Waals surface area contributed by atoms with Crippen LogP contribution in [0.1, 0.15) is 0 Å². The summed E-state index contributed by atoms with van der Waals surface area (Å²) < 4.78 is 4.82. The molecule has 2 heterocycles. The van der Waals surface area contributed by atoms with Crippen molar-refractivity contribution in [1.29, 1.82) is 0 Å². The van der Waals surface area contributed by atoms with Crippen molar-refractivity contribution in [3.8, 4) is 33.6 Å². The number of hydrogen-bond acceptors (Lipinski definition) is 1. The molecule has 0 unspecified atom stereocenters. The second-order valence-corrected chi connectivity index (χ2v) is 15.8. The van der Waals surface area contributed by atoms with E-state index in [1.54, 1.807) is 0 Å². The molecule has 3 nitrogen and oxygen atoms in total. The summed E-state index contributed by atoms with van der Waals surface area (Å²) in [4.78, 5) is 2.42. The van der Waals surface area contributed by atoms with E-state index in [4.69, 9.17) is 0 Å². The molecule has 61 heavy (non-hydrogen) atoms. The SMILES string of the molecule is c1ccc(-c2cccc(N(c3cccc(-c4cc(-n5c6ccccc6c6ccccc65)cc5ccccc45)c3)c3ccc4c5ccccc5n(-c5ccccc5)c4c3)c2)cc1. The van der Waals surface area contributed by atoms with Crippen molar-refractivity contribution in [2.75, 3.05) is 4.90 Å². The average molecular weight is 778 g/mol. The van der Waals surface area contributed by atoms with E-state index >= 15 is 0 Å². The van der Waals surface area contributed by atoms with Gasteiger partial charge in [0.25, 0.3) is 0 Å². The first-order chi connectivity index (χ1) is 30.3. The third kappa shape index (κ3) is 5.82. The van der Waals surface area contributed by atoms with Crippen LogP contribution in [-0.4, -0.2) is 9.13 Å². The number of hydrogen-bond donors (Lipinski definition) is 0. The van der Waals surface area contributed by atoms with Crippen LogP contribution >= 0.6 is 0 Å². The molecule has 0 bridgehead atoms. The lowest BCUT2D eigenvalue weighted by Crippen LogP contribution is -2.10. The minimum atomic E-state index is 1.08. The van der Waals surface area contributed by atoms with Gasteiger partial charge in [-0.2, -0.15) is 0 Å². The van der Waals surface area contributed by atoms with E-state index in [1.165, 1.54) is 65.6 Å². The lowest BCUT2D eigenvalue weighted by Gasteiger charge is -2.27. The van der Waals surface area contributed by atoms with Crippen LogP contribution in [0.3, 0.4) is 0 Å². The van der Waals surface area contributed by atoms with Gasteiger partial charge in [0.1, 0.15) is 0 Å². The van der Waals surface area contributed by atoms with Crippen molar-refractivity contribution in [3.63, 3.8) is 0 Å². The highest BCUT2D eigenvalue weighted by molar-refractivity contribution is 6.11. The zero-order valence-corrected chi connectivity index (χ0v) is 33.4. The van der Waals surface area contributed by atoms with Crippen LogP contribution < -0.4 is 4.90 Å². The van der Waals surface area contributed by atoms with Gasteiger partial charge in [-0.1, -0.05) is 158 Å². The van der Waals surface area contributed by atoms with E-state index in [0.717, 1.165) is 39.5 Å². The Morgan fingerprint density at radius 2 is 0.738 bits per heavy atom. The van der Waals surface area contributed by atoms with Crippen LogP contribution in [0.5, 0.6) is 0 Å². The van der Waals surface area contributed by atoms with Gasteiger partial charge in [0, 0.05) is 50.0 Å². The van der Waals surface area contributed by atoms with Crippen molar-refractivity contribution in [3.05, 3.63) is 237 Å². The van der Waals surface area contributed by atoms with Gasteiger partial charge in [-0.15, -0.1) is 0 Å². The summed E-state index contributed by atoms with van der Waals surface area (Å²) in [6, 6.07) is 86.0. The van der Waals surface area contributed by atoms with Crippen molar-refractivity contribution < 1.29 is 0 Å². The Hall–Kier alpha value is -8.14. The molecular formula is C58H39N3. The first-order valence-electron chi connectivity index (χ1n) is 20.9. The average Bonchev–Trinajstić information content (AvgIpc) is 3.85. The molecule has 0 aliphatic rings. The molecule has 0 spiro atoms. The van der Waals surface area contributed by atoms with Gasteiger partial charge in [0.15, 0.2) is 0 Å². The third-order valence-corrected chi connectivity index (χ3v) is 12.2. The van der Waals surface area contributed by atoms with Gasteiger partial charge < -0.3 is 14.0 Å². The molecular weight excluding hydrogens is 739 g/mol. The van der Waals surface area contributed by atoms with Crippen LogP contribution in [0.2, 0.25) is 0 Å². The van der Waals surface area contributed by atoms with Crippen LogP contribution in [0.25, 0.3) is 88.0 Å². The summed E-state index contributed by atoms with van der Waals surface area (Å²) in [7, 11) is 0. The molecule has 286 valence electrons. The number of anilines is 3. The molecule has 0 aliphatic heterocycles. The molecule has 12 aromatic rings. The highest BCUT2D eigenvalue weighted by atomic mass is 15.1. The molecule has 0 amide bonds. The molecule has 10 aromatic carbocycles. The lowest BCUT2D eigenvalue weighted by atomic mass is 9.96. The Kier molecular flexibility index (Phi) is 8.17. The van der Waals surface area contributed by atoms with E-state index in [0.29, 0.717) is 0 Å². The predicted octanol–water partition coefficient (Wildman–Crippen LogP) is 15.8. The molecule has 0 atom stereocenters. The largest absolute Gasteiger partial charge is 0.310 e. The van der Waals surface area contributed by atoms with Gasteiger partial charge in [0.2, 0.25) is 0 Å². The first kappa shape index (κ1) is 34.9. The van der Waals surface area contributed by atoms with Gasteiger partial charge in [-0.25, -0.2) is 0 Å². The molecule has 12 rings (SSSR count). The minimum Gasteiger partial charge on any atom is -0.310 e. The highest BCUT2D eigenvalue weighted by Crippen LogP contribution is 2.43.